The number of benzene rings is 1. The molecule has 2 fully saturated rings. The van der Waals surface area contributed by atoms with Crippen molar-refractivity contribution < 1.29 is 36.2 Å². The predicted molar refractivity (Wildman–Crippen MR) is 192 cm³/mol. The van der Waals surface area contributed by atoms with Crippen LogP contribution in [0.1, 0.15) is 94.8 Å². The lowest BCUT2D eigenvalue weighted by atomic mass is 9.91. The third-order valence-electron chi connectivity index (χ3n) is 10.6. The minimum atomic E-state index is -4.68. The highest BCUT2D eigenvalue weighted by Gasteiger charge is 2.45. The molecule has 1 unspecified atom stereocenters. The number of hydrogen-bond donors (Lipinski definition) is 1. The van der Waals surface area contributed by atoms with Crippen LogP contribution in [0.15, 0.2) is 24.8 Å². The summed E-state index contributed by atoms with van der Waals surface area (Å²) >= 11 is 0. The Labute approximate surface area is 311 Å². The molecule has 3 aromatic rings. The van der Waals surface area contributed by atoms with Crippen molar-refractivity contribution in [2.45, 2.75) is 89.9 Å². The number of nitrogen functional groups attached to an aromatic ring is 1. The summed E-state index contributed by atoms with van der Waals surface area (Å²) in [6, 6.07) is 2.79. The predicted octanol–water partition coefficient (Wildman–Crippen LogP) is 6.28. The maximum Gasteiger partial charge on any atom is 0.417 e. The number of aromatic nitrogens is 4. The Kier molecular flexibility index (Phi) is 11.2. The average molecular weight is 757 g/mol. The molecule has 2 saturated heterocycles. The first-order valence-corrected chi connectivity index (χ1v) is 18.0. The van der Waals surface area contributed by atoms with Gasteiger partial charge in [-0.3, -0.25) is 14.4 Å². The molecule has 11 nitrogen and oxygen atoms in total. The maximum absolute atomic E-state index is 14.6. The van der Waals surface area contributed by atoms with Gasteiger partial charge < -0.3 is 25.0 Å². The average Bonchev–Trinajstić information content (AvgIpc) is 3.72. The number of aryl methyl sites for hydroxylation is 1. The highest BCUT2D eigenvalue weighted by atomic mass is 19.4. The topological polar surface area (TPSA) is 115 Å². The van der Waals surface area contributed by atoms with Gasteiger partial charge in [-0.1, -0.05) is 5.92 Å². The van der Waals surface area contributed by atoms with E-state index in [4.69, 9.17) is 25.2 Å². The zero-order valence-electron chi connectivity index (χ0n) is 31.0. The summed E-state index contributed by atoms with van der Waals surface area (Å²) in [5.41, 5.74) is 8.55. The van der Waals surface area contributed by atoms with Gasteiger partial charge in [0.1, 0.15) is 12.4 Å². The van der Waals surface area contributed by atoms with Gasteiger partial charge in [-0.2, -0.15) is 37.0 Å². The number of hydrogen-bond acceptors (Lipinski definition) is 9. The first-order valence-electron chi connectivity index (χ1n) is 18.0. The Morgan fingerprint density at radius 1 is 1.13 bits per heavy atom. The number of carbonyl (C=O) groups excluding carboxylic acids is 1. The quantitative estimate of drug-likeness (QED) is 0.176. The molecule has 54 heavy (non-hydrogen) atoms. The van der Waals surface area contributed by atoms with Crippen LogP contribution < -0.4 is 15.4 Å². The van der Waals surface area contributed by atoms with Gasteiger partial charge in [0.05, 0.1) is 41.7 Å². The number of amides is 1. The van der Waals surface area contributed by atoms with Crippen molar-refractivity contribution in [1.29, 1.82) is 0 Å². The molecule has 4 aliphatic heterocycles. The monoisotopic (exact) mass is 756 g/mol. The zero-order chi connectivity index (χ0) is 38.9. The molecular formula is C38H45F5N8O3. The first kappa shape index (κ1) is 39.0. The summed E-state index contributed by atoms with van der Waals surface area (Å²) in [5, 5.41) is 4.67. The zero-order valence-corrected chi connectivity index (χ0v) is 31.0. The SMILES string of the molecule is C=C(F)F.CC#Cc1cc(N)cc(C2Cc3nc(OCC45CCCN4CCC5)nc(N4CCCn5nc(C(=O)N(C)C)c(C)c5C4)c3CO2)c1C(F)(F)F. The Bertz CT molecular complexity index is 1970. The fourth-order valence-corrected chi connectivity index (χ4v) is 8.15. The second-order valence-corrected chi connectivity index (χ2v) is 14.3. The van der Waals surface area contributed by atoms with Crippen molar-refractivity contribution in [3.63, 3.8) is 0 Å². The van der Waals surface area contributed by atoms with Crippen LogP contribution in [0.2, 0.25) is 0 Å². The van der Waals surface area contributed by atoms with Gasteiger partial charge in [-0.15, -0.1) is 5.92 Å². The molecule has 0 saturated carbocycles. The van der Waals surface area contributed by atoms with Gasteiger partial charge in [0.2, 0.25) is 0 Å². The number of nitrogens with zero attached hydrogens (tertiary/aromatic N) is 7. The number of carbonyl (C=O) groups is 1. The number of anilines is 2. The van der Waals surface area contributed by atoms with E-state index < -0.39 is 23.9 Å². The third kappa shape index (κ3) is 7.88. The maximum atomic E-state index is 14.6. The minimum Gasteiger partial charge on any atom is -0.461 e. The van der Waals surface area contributed by atoms with E-state index in [0.29, 0.717) is 49.0 Å². The molecule has 1 amide bonds. The van der Waals surface area contributed by atoms with Crippen molar-refractivity contribution in [2.75, 3.05) is 51.0 Å². The lowest BCUT2D eigenvalue weighted by Gasteiger charge is -2.33. The van der Waals surface area contributed by atoms with E-state index in [1.165, 1.54) is 24.0 Å². The molecule has 2 N–H and O–H groups in total. The van der Waals surface area contributed by atoms with Crippen molar-refractivity contribution in [3.05, 3.63) is 69.7 Å². The number of rotatable bonds is 6. The molecule has 0 radical (unpaired) electrons. The number of halogens is 5. The Morgan fingerprint density at radius 2 is 1.83 bits per heavy atom. The molecule has 6 heterocycles. The molecule has 290 valence electrons. The van der Waals surface area contributed by atoms with Crippen molar-refractivity contribution in [2.24, 2.45) is 0 Å². The lowest BCUT2D eigenvalue weighted by molar-refractivity contribution is -0.140. The Morgan fingerprint density at radius 3 is 2.48 bits per heavy atom. The molecule has 7 rings (SSSR count). The first-order chi connectivity index (χ1) is 25.6. The Balaban J connectivity index is 0.00000119. The van der Waals surface area contributed by atoms with Crippen LogP contribution in [-0.2, 0) is 37.0 Å². The number of alkyl halides is 3. The summed E-state index contributed by atoms with van der Waals surface area (Å²) in [5.74, 6) is 5.62. The number of ether oxygens (including phenoxy) is 2. The van der Waals surface area contributed by atoms with Crippen LogP contribution in [0.5, 0.6) is 6.01 Å². The van der Waals surface area contributed by atoms with E-state index in [1.807, 2.05) is 11.6 Å². The van der Waals surface area contributed by atoms with Gasteiger partial charge in [-0.05, 0) is 83.3 Å². The highest BCUT2D eigenvalue weighted by Crippen LogP contribution is 2.44. The Hall–Kier alpha value is -4.75. The fourth-order valence-electron chi connectivity index (χ4n) is 8.15. The minimum absolute atomic E-state index is 0.00662. The highest BCUT2D eigenvalue weighted by molar-refractivity contribution is 5.93. The summed E-state index contributed by atoms with van der Waals surface area (Å²) in [6.07, 6.45) is -2.36. The fraction of sp³-hybridized carbons (Fsp3) is 0.526. The standard InChI is InChI=1S/C36H43F3N8O3.C2H2F2/c1-5-9-23-16-24(40)17-25(30(23)36(37,38)39)29-18-27-26(20-49-29)32(42-34(41-27)50-21-35-10-6-13-46(35)14-7-11-35)45-12-8-15-47-28(19-45)22(2)31(43-47)33(48)44(3)4;1-2(3)4/h16-17,29H,6-8,10-15,18-21,40H2,1-4H3;1H2. The number of fused-ring (bicyclic) bond motifs is 3. The van der Waals surface area contributed by atoms with Crippen molar-refractivity contribution in [1.82, 2.24) is 29.5 Å². The third-order valence-corrected chi connectivity index (χ3v) is 10.6. The van der Waals surface area contributed by atoms with Crippen LogP contribution in [0, 0.1) is 18.8 Å². The van der Waals surface area contributed by atoms with E-state index in [2.05, 4.69) is 33.3 Å². The van der Waals surface area contributed by atoms with Gasteiger partial charge in [0.25, 0.3) is 12.0 Å². The van der Waals surface area contributed by atoms with Crippen LogP contribution in [0.3, 0.4) is 0 Å². The molecule has 2 aromatic heterocycles. The second-order valence-electron chi connectivity index (χ2n) is 14.3. The normalized spacial score (nSPS) is 19.0. The van der Waals surface area contributed by atoms with Crippen molar-refractivity contribution >= 4 is 17.4 Å². The van der Waals surface area contributed by atoms with E-state index in [9.17, 15) is 26.7 Å². The van der Waals surface area contributed by atoms with E-state index in [1.54, 1.807) is 14.1 Å². The smallest absolute Gasteiger partial charge is 0.417 e. The molecule has 0 bridgehead atoms. The van der Waals surface area contributed by atoms with E-state index in [0.717, 1.165) is 56.5 Å². The van der Waals surface area contributed by atoms with Gasteiger partial charge >= 0.3 is 12.2 Å². The summed E-state index contributed by atoms with van der Waals surface area (Å²) in [6.45, 7) is 9.84. The molecular weight excluding hydrogens is 711 g/mol. The molecule has 1 aromatic carbocycles. The van der Waals surface area contributed by atoms with Crippen LogP contribution in [0.4, 0.5) is 33.5 Å². The van der Waals surface area contributed by atoms with E-state index in [-0.39, 0.29) is 47.3 Å². The summed E-state index contributed by atoms with van der Waals surface area (Å²) in [4.78, 5) is 28.9. The molecule has 1 atom stereocenters. The summed E-state index contributed by atoms with van der Waals surface area (Å²) < 4.78 is 78.6. The van der Waals surface area contributed by atoms with Crippen LogP contribution >= 0.6 is 0 Å². The van der Waals surface area contributed by atoms with Gasteiger partial charge in [0, 0.05) is 56.0 Å². The molecule has 16 heteroatoms. The van der Waals surface area contributed by atoms with Crippen LogP contribution in [0.25, 0.3) is 0 Å². The van der Waals surface area contributed by atoms with E-state index >= 15 is 0 Å². The summed E-state index contributed by atoms with van der Waals surface area (Å²) in [7, 11) is 3.41. The largest absolute Gasteiger partial charge is 0.461 e. The molecule has 0 aliphatic carbocycles. The lowest BCUT2D eigenvalue weighted by Crippen LogP contribution is -2.43. The second kappa shape index (κ2) is 15.5. The molecule has 4 aliphatic rings. The van der Waals surface area contributed by atoms with Crippen LogP contribution in [-0.4, -0.2) is 81.3 Å². The molecule has 0 spiro atoms. The van der Waals surface area contributed by atoms with Gasteiger partial charge in [0.15, 0.2) is 5.69 Å². The number of nitrogens with two attached hydrogens (primary N) is 1. The van der Waals surface area contributed by atoms with Crippen molar-refractivity contribution in [3.8, 4) is 17.9 Å². The van der Waals surface area contributed by atoms with Gasteiger partial charge in [-0.25, -0.2) is 0 Å².